The van der Waals surface area contributed by atoms with Crippen molar-refractivity contribution in [1.29, 1.82) is 0 Å². The largest absolute Gasteiger partial charge is 0.486 e. The van der Waals surface area contributed by atoms with Crippen LogP contribution < -0.4 is 14.9 Å². The standard InChI is InChI=1S/C15H13ClN2O2/c16-12-2-4-13(5-3-12)18-17-10-11-1-6-14-15(9-11)20-8-7-19-14/h1-6,9-10,18H,7-8H2/b17-10-. The van der Waals surface area contributed by atoms with Crippen molar-refractivity contribution in [2.24, 2.45) is 5.10 Å². The lowest BCUT2D eigenvalue weighted by Gasteiger charge is -2.18. The Balaban J connectivity index is 1.68. The van der Waals surface area contributed by atoms with Gasteiger partial charge in [0.15, 0.2) is 11.5 Å². The molecule has 0 atom stereocenters. The first-order chi connectivity index (χ1) is 9.81. The normalized spacial score (nSPS) is 13.4. The third-order valence-electron chi connectivity index (χ3n) is 2.82. The molecule has 1 aliphatic heterocycles. The number of halogens is 1. The summed E-state index contributed by atoms with van der Waals surface area (Å²) in [6.45, 7) is 1.18. The average Bonchev–Trinajstić information content (AvgIpc) is 2.49. The minimum absolute atomic E-state index is 0.580. The zero-order valence-electron chi connectivity index (χ0n) is 10.7. The molecule has 3 rings (SSSR count). The number of rotatable bonds is 3. The van der Waals surface area contributed by atoms with Crippen LogP contribution in [-0.2, 0) is 0 Å². The van der Waals surface area contributed by atoms with Gasteiger partial charge in [-0.05, 0) is 48.0 Å². The van der Waals surface area contributed by atoms with Crippen molar-refractivity contribution in [1.82, 2.24) is 0 Å². The van der Waals surface area contributed by atoms with E-state index in [-0.39, 0.29) is 0 Å². The monoisotopic (exact) mass is 288 g/mol. The van der Waals surface area contributed by atoms with E-state index in [2.05, 4.69) is 10.5 Å². The van der Waals surface area contributed by atoms with Crippen LogP contribution in [0.15, 0.2) is 47.6 Å². The van der Waals surface area contributed by atoms with Gasteiger partial charge < -0.3 is 9.47 Å². The van der Waals surface area contributed by atoms with E-state index in [0.717, 1.165) is 22.7 Å². The van der Waals surface area contributed by atoms with E-state index in [9.17, 15) is 0 Å². The van der Waals surface area contributed by atoms with E-state index in [1.807, 2.05) is 42.5 Å². The Kier molecular flexibility index (Phi) is 3.74. The highest BCUT2D eigenvalue weighted by Crippen LogP contribution is 2.30. The molecule has 0 bridgehead atoms. The van der Waals surface area contributed by atoms with Crippen molar-refractivity contribution in [2.45, 2.75) is 0 Å². The van der Waals surface area contributed by atoms with Crippen LogP contribution in [0.25, 0.3) is 0 Å². The lowest BCUT2D eigenvalue weighted by atomic mass is 10.2. The Labute approximate surface area is 122 Å². The number of hydrogen-bond donors (Lipinski definition) is 1. The van der Waals surface area contributed by atoms with Gasteiger partial charge in [0.2, 0.25) is 0 Å². The minimum Gasteiger partial charge on any atom is -0.486 e. The molecule has 2 aromatic rings. The van der Waals surface area contributed by atoms with Gasteiger partial charge in [0.25, 0.3) is 0 Å². The van der Waals surface area contributed by atoms with Crippen LogP contribution in [-0.4, -0.2) is 19.4 Å². The molecule has 0 unspecified atom stereocenters. The molecule has 0 amide bonds. The van der Waals surface area contributed by atoms with Gasteiger partial charge in [0.05, 0.1) is 11.9 Å². The number of fused-ring (bicyclic) bond motifs is 1. The van der Waals surface area contributed by atoms with Crippen LogP contribution in [0.2, 0.25) is 5.02 Å². The van der Waals surface area contributed by atoms with Gasteiger partial charge in [-0.2, -0.15) is 5.10 Å². The van der Waals surface area contributed by atoms with Crippen LogP contribution in [0, 0.1) is 0 Å². The van der Waals surface area contributed by atoms with Crippen molar-refractivity contribution >= 4 is 23.5 Å². The first-order valence-corrected chi connectivity index (χ1v) is 6.63. The Morgan fingerprint density at radius 3 is 2.55 bits per heavy atom. The van der Waals surface area contributed by atoms with E-state index < -0.39 is 0 Å². The average molecular weight is 289 g/mol. The van der Waals surface area contributed by atoms with Crippen molar-refractivity contribution in [3.63, 3.8) is 0 Å². The van der Waals surface area contributed by atoms with Gasteiger partial charge in [-0.15, -0.1) is 0 Å². The highest BCUT2D eigenvalue weighted by molar-refractivity contribution is 6.30. The predicted molar refractivity (Wildman–Crippen MR) is 80.1 cm³/mol. The maximum absolute atomic E-state index is 5.82. The third kappa shape index (κ3) is 3.03. The molecule has 1 aliphatic rings. The molecule has 1 N–H and O–H groups in total. The SMILES string of the molecule is Clc1ccc(N/N=C\c2ccc3c(c2)OCCO3)cc1. The fourth-order valence-electron chi connectivity index (χ4n) is 1.85. The summed E-state index contributed by atoms with van der Waals surface area (Å²) in [5.74, 6) is 1.53. The number of benzene rings is 2. The Morgan fingerprint density at radius 2 is 1.75 bits per heavy atom. The second kappa shape index (κ2) is 5.84. The van der Waals surface area contributed by atoms with Gasteiger partial charge >= 0.3 is 0 Å². The quantitative estimate of drug-likeness (QED) is 0.694. The Morgan fingerprint density at radius 1 is 1.00 bits per heavy atom. The molecule has 0 radical (unpaired) electrons. The minimum atomic E-state index is 0.580. The zero-order valence-corrected chi connectivity index (χ0v) is 11.4. The highest BCUT2D eigenvalue weighted by atomic mass is 35.5. The summed E-state index contributed by atoms with van der Waals surface area (Å²) in [6, 6.07) is 13.1. The van der Waals surface area contributed by atoms with Crippen molar-refractivity contribution in [3.8, 4) is 11.5 Å². The van der Waals surface area contributed by atoms with Crippen molar-refractivity contribution < 1.29 is 9.47 Å². The molecular weight excluding hydrogens is 276 g/mol. The molecule has 2 aromatic carbocycles. The molecule has 20 heavy (non-hydrogen) atoms. The molecule has 0 saturated heterocycles. The Bertz CT molecular complexity index is 626. The molecule has 0 saturated carbocycles. The molecule has 0 spiro atoms. The summed E-state index contributed by atoms with van der Waals surface area (Å²) in [5, 5.41) is 4.88. The van der Waals surface area contributed by atoms with E-state index in [1.54, 1.807) is 6.21 Å². The second-order valence-electron chi connectivity index (χ2n) is 4.28. The molecule has 0 aliphatic carbocycles. The first-order valence-electron chi connectivity index (χ1n) is 6.25. The molecule has 4 nitrogen and oxygen atoms in total. The number of hydrazone groups is 1. The van der Waals surface area contributed by atoms with Gasteiger partial charge in [-0.1, -0.05) is 11.6 Å². The van der Waals surface area contributed by atoms with Gasteiger partial charge in [0, 0.05) is 5.02 Å². The maximum Gasteiger partial charge on any atom is 0.162 e. The summed E-state index contributed by atoms with van der Waals surface area (Å²) in [4.78, 5) is 0. The van der Waals surface area contributed by atoms with E-state index in [0.29, 0.717) is 18.2 Å². The van der Waals surface area contributed by atoms with Crippen LogP contribution in [0.1, 0.15) is 5.56 Å². The number of anilines is 1. The lowest BCUT2D eigenvalue weighted by molar-refractivity contribution is 0.171. The number of nitrogens with zero attached hydrogens (tertiary/aromatic N) is 1. The first kappa shape index (κ1) is 12.8. The molecule has 0 fully saturated rings. The van der Waals surface area contributed by atoms with Crippen LogP contribution in [0.3, 0.4) is 0 Å². The molecular formula is C15H13ClN2O2. The number of hydrogen-bond acceptors (Lipinski definition) is 4. The molecule has 1 heterocycles. The summed E-state index contributed by atoms with van der Waals surface area (Å²) in [7, 11) is 0. The van der Waals surface area contributed by atoms with E-state index >= 15 is 0 Å². The topological polar surface area (TPSA) is 42.9 Å². The van der Waals surface area contributed by atoms with E-state index in [1.165, 1.54) is 0 Å². The van der Waals surface area contributed by atoms with Crippen LogP contribution >= 0.6 is 11.6 Å². The number of ether oxygens (including phenoxy) is 2. The molecule has 102 valence electrons. The number of nitrogens with one attached hydrogen (secondary N) is 1. The van der Waals surface area contributed by atoms with Crippen molar-refractivity contribution in [2.75, 3.05) is 18.6 Å². The van der Waals surface area contributed by atoms with E-state index in [4.69, 9.17) is 21.1 Å². The van der Waals surface area contributed by atoms with Crippen LogP contribution in [0.5, 0.6) is 11.5 Å². The summed E-state index contributed by atoms with van der Waals surface area (Å²) < 4.78 is 11.0. The van der Waals surface area contributed by atoms with Crippen molar-refractivity contribution in [3.05, 3.63) is 53.1 Å². The third-order valence-corrected chi connectivity index (χ3v) is 3.07. The summed E-state index contributed by atoms with van der Waals surface area (Å²) in [5.41, 5.74) is 4.76. The predicted octanol–water partition coefficient (Wildman–Crippen LogP) is 3.56. The van der Waals surface area contributed by atoms with Gasteiger partial charge in [-0.25, -0.2) is 0 Å². The summed E-state index contributed by atoms with van der Waals surface area (Å²) in [6.07, 6.45) is 1.73. The fraction of sp³-hybridized carbons (Fsp3) is 0.133. The smallest absolute Gasteiger partial charge is 0.162 e. The molecule has 0 aromatic heterocycles. The Hall–Kier alpha value is -2.20. The lowest BCUT2D eigenvalue weighted by Crippen LogP contribution is -2.15. The fourth-order valence-corrected chi connectivity index (χ4v) is 1.97. The van der Waals surface area contributed by atoms with Crippen LogP contribution in [0.4, 0.5) is 5.69 Å². The highest BCUT2D eigenvalue weighted by Gasteiger charge is 2.10. The summed E-state index contributed by atoms with van der Waals surface area (Å²) >= 11 is 5.82. The van der Waals surface area contributed by atoms with Gasteiger partial charge in [-0.3, -0.25) is 5.43 Å². The van der Waals surface area contributed by atoms with Gasteiger partial charge in [0.1, 0.15) is 13.2 Å². The maximum atomic E-state index is 5.82. The second-order valence-corrected chi connectivity index (χ2v) is 4.72. The molecule has 5 heteroatoms. The zero-order chi connectivity index (χ0) is 13.8.